The molecule has 0 bridgehead atoms. The Morgan fingerprint density at radius 2 is 1.83 bits per heavy atom. The van der Waals surface area contributed by atoms with Crippen LogP contribution in [0, 0.1) is 12.8 Å². The molecule has 3 heteroatoms. The van der Waals surface area contributed by atoms with Crippen molar-refractivity contribution in [3.8, 4) is 5.75 Å². The van der Waals surface area contributed by atoms with E-state index >= 15 is 0 Å². The van der Waals surface area contributed by atoms with Crippen molar-refractivity contribution in [2.45, 2.75) is 37.8 Å². The fraction of sp³-hybridized carbons (Fsp3) is 0.429. The minimum atomic E-state index is 0.709. The van der Waals surface area contributed by atoms with Crippen LogP contribution in [0.25, 0.3) is 0 Å². The largest absolute Gasteiger partial charge is 0.494 e. The van der Waals surface area contributed by atoms with Crippen molar-refractivity contribution in [3.63, 3.8) is 0 Å². The average molecular weight is 361 g/mol. The molecule has 0 aliphatic carbocycles. The zero-order chi connectivity index (χ0) is 17.2. The molecule has 0 saturated carbocycles. The van der Waals surface area contributed by atoms with Gasteiger partial charge in [-0.15, -0.1) is 11.8 Å². The van der Waals surface area contributed by atoms with E-state index in [0.717, 1.165) is 36.0 Å². The van der Waals surface area contributed by atoms with Crippen LogP contribution in [0.5, 0.6) is 5.75 Å². The zero-order valence-electron chi connectivity index (χ0n) is 15.0. The molecule has 130 valence electrons. The van der Waals surface area contributed by atoms with Crippen molar-refractivity contribution < 1.29 is 4.74 Å². The lowest BCUT2D eigenvalue weighted by atomic mass is 10.2. The highest BCUT2D eigenvalue weighted by atomic mass is 32.2. The Kier molecular flexibility index (Phi) is 8.62. The van der Waals surface area contributed by atoms with Crippen molar-refractivity contribution >= 4 is 23.5 Å². The minimum absolute atomic E-state index is 0.709. The van der Waals surface area contributed by atoms with Crippen molar-refractivity contribution in [1.29, 1.82) is 0 Å². The normalized spacial score (nSPS) is 11.0. The highest BCUT2D eigenvalue weighted by molar-refractivity contribution is 7.99. The average Bonchev–Trinajstić information content (AvgIpc) is 2.59. The predicted molar refractivity (Wildman–Crippen MR) is 109 cm³/mol. The molecule has 24 heavy (non-hydrogen) atoms. The van der Waals surface area contributed by atoms with Crippen LogP contribution < -0.4 is 4.74 Å². The molecule has 0 saturated heterocycles. The number of thioether (sulfide) groups is 2. The summed E-state index contributed by atoms with van der Waals surface area (Å²) >= 11 is 3.90. The van der Waals surface area contributed by atoms with Gasteiger partial charge in [0.05, 0.1) is 6.61 Å². The summed E-state index contributed by atoms with van der Waals surface area (Å²) in [7, 11) is 0. The molecule has 2 aromatic carbocycles. The summed E-state index contributed by atoms with van der Waals surface area (Å²) in [6.45, 7) is 7.48. The SMILES string of the molecule is Cc1ccc(OCCCSCc2ccccc2)cc1SCC(C)C. The minimum Gasteiger partial charge on any atom is -0.494 e. The van der Waals surface area contributed by atoms with Gasteiger partial charge in [0, 0.05) is 16.4 Å². The third kappa shape index (κ3) is 7.23. The molecule has 0 aromatic heterocycles. The number of hydrogen-bond donors (Lipinski definition) is 0. The molecular weight excluding hydrogens is 332 g/mol. The van der Waals surface area contributed by atoms with Crippen LogP contribution in [0.3, 0.4) is 0 Å². The number of benzene rings is 2. The van der Waals surface area contributed by atoms with Crippen LogP contribution in [0.15, 0.2) is 53.4 Å². The molecule has 0 aliphatic heterocycles. The predicted octanol–water partition coefficient (Wildman–Crippen LogP) is 6.45. The number of aryl methyl sites for hydroxylation is 1. The van der Waals surface area contributed by atoms with Gasteiger partial charge in [0.25, 0.3) is 0 Å². The van der Waals surface area contributed by atoms with Gasteiger partial charge in [0.15, 0.2) is 0 Å². The lowest BCUT2D eigenvalue weighted by Crippen LogP contribution is -1.99. The molecule has 0 spiro atoms. The Balaban J connectivity index is 1.67. The second-order valence-corrected chi connectivity index (χ2v) is 8.54. The van der Waals surface area contributed by atoms with Gasteiger partial charge >= 0.3 is 0 Å². The molecule has 0 N–H and O–H groups in total. The van der Waals surface area contributed by atoms with Crippen LogP contribution >= 0.6 is 23.5 Å². The first-order valence-corrected chi connectivity index (χ1v) is 10.8. The first-order chi connectivity index (χ1) is 11.6. The molecule has 2 aromatic rings. The summed E-state index contributed by atoms with van der Waals surface area (Å²) in [5.41, 5.74) is 2.74. The summed E-state index contributed by atoms with van der Waals surface area (Å²) < 4.78 is 5.93. The van der Waals surface area contributed by atoms with E-state index in [0.29, 0.717) is 5.92 Å². The van der Waals surface area contributed by atoms with E-state index in [1.54, 1.807) is 0 Å². The Morgan fingerprint density at radius 3 is 2.58 bits per heavy atom. The smallest absolute Gasteiger partial charge is 0.120 e. The first kappa shape index (κ1) is 19.3. The molecule has 2 rings (SSSR count). The third-order valence-corrected chi connectivity index (χ3v) is 6.24. The summed E-state index contributed by atoms with van der Waals surface area (Å²) in [5.74, 6) is 5.08. The van der Waals surface area contributed by atoms with Gasteiger partial charge in [0.1, 0.15) is 5.75 Å². The fourth-order valence-corrected chi connectivity index (χ4v) is 4.10. The van der Waals surface area contributed by atoms with Crippen molar-refractivity contribution in [2.24, 2.45) is 5.92 Å². The summed E-state index contributed by atoms with van der Waals surface area (Å²) in [6, 6.07) is 17.1. The Hall–Kier alpha value is -1.06. The monoisotopic (exact) mass is 360 g/mol. The van der Waals surface area contributed by atoms with Gasteiger partial charge in [0.2, 0.25) is 0 Å². The van der Waals surface area contributed by atoms with Crippen LogP contribution in [0.2, 0.25) is 0 Å². The number of hydrogen-bond acceptors (Lipinski definition) is 3. The zero-order valence-corrected chi connectivity index (χ0v) is 16.6. The molecule has 0 fully saturated rings. The quantitative estimate of drug-likeness (QED) is 0.356. The first-order valence-electron chi connectivity index (χ1n) is 8.63. The van der Waals surface area contributed by atoms with Gasteiger partial charge in [-0.3, -0.25) is 0 Å². The van der Waals surface area contributed by atoms with Crippen molar-refractivity contribution in [1.82, 2.24) is 0 Å². The van der Waals surface area contributed by atoms with E-state index in [1.807, 2.05) is 23.5 Å². The lowest BCUT2D eigenvalue weighted by molar-refractivity contribution is 0.318. The van der Waals surface area contributed by atoms with Gasteiger partial charge in [-0.1, -0.05) is 50.2 Å². The molecule has 0 aliphatic rings. The standard InChI is InChI=1S/C21H28OS2/c1-17(2)15-24-21-14-20(11-10-18(21)3)22-12-7-13-23-16-19-8-5-4-6-9-19/h4-6,8-11,14,17H,7,12-13,15-16H2,1-3H3. The second kappa shape index (κ2) is 10.7. The van der Waals surface area contributed by atoms with E-state index in [-0.39, 0.29) is 0 Å². The van der Waals surface area contributed by atoms with E-state index in [4.69, 9.17) is 4.74 Å². The maximum absolute atomic E-state index is 5.93. The Labute approximate surface area is 155 Å². The molecule has 1 nitrogen and oxygen atoms in total. The summed E-state index contributed by atoms with van der Waals surface area (Å²) in [4.78, 5) is 1.35. The maximum atomic E-state index is 5.93. The summed E-state index contributed by atoms with van der Waals surface area (Å²) in [6.07, 6.45) is 1.08. The van der Waals surface area contributed by atoms with E-state index < -0.39 is 0 Å². The van der Waals surface area contributed by atoms with E-state index in [1.165, 1.54) is 16.0 Å². The maximum Gasteiger partial charge on any atom is 0.120 e. The van der Waals surface area contributed by atoms with Crippen LogP contribution in [0.1, 0.15) is 31.4 Å². The van der Waals surface area contributed by atoms with Crippen molar-refractivity contribution in [3.05, 3.63) is 59.7 Å². The Morgan fingerprint density at radius 1 is 1.04 bits per heavy atom. The van der Waals surface area contributed by atoms with Crippen LogP contribution in [0.4, 0.5) is 0 Å². The molecule has 0 radical (unpaired) electrons. The fourth-order valence-electron chi connectivity index (χ4n) is 2.20. The molecular formula is C21H28OS2. The summed E-state index contributed by atoms with van der Waals surface area (Å²) in [5, 5.41) is 0. The number of ether oxygens (including phenoxy) is 1. The highest BCUT2D eigenvalue weighted by Crippen LogP contribution is 2.28. The van der Waals surface area contributed by atoms with Crippen LogP contribution in [-0.2, 0) is 5.75 Å². The molecule has 0 unspecified atom stereocenters. The van der Waals surface area contributed by atoms with Gasteiger partial charge in [-0.25, -0.2) is 0 Å². The highest BCUT2D eigenvalue weighted by Gasteiger charge is 2.04. The van der Waals surface area contributed by atoms with Gasteiger partial charge < -0.3 is 4.74 Å². The van der Waals surface area contributed by atoms with Crippen molar-refractivity contribution in [2.75, 3.05) is 18.1 Å². The van der Waals surface area contributed by atoms with E-state index in [9.17, 15) is 0 Å². The second-order valence-electron chi connectivity index (χ2n) is 6.37. The molecule has 0 atom stereocenters. The van der Waals surface area contributed by atoms with Gasteiger partial charge in [-0.2, -0.15) is 11.8 Å². The van der Waals surface area contributed by atoms with Crippen LogP contribution in [-0.4, -0.2) is 18.1 Å². The molecule has 0 amide bonds. The number of rotatable bonds is 10. The van der Waals surface area contributed by atoms with E-state index in [2.05, 4.69) is 69.3 Å². The van der Waals surface area contributed by atoms with Gasteiger partial charge in [-0.05, 0) is 48.3 Å². The third-order valence-electron chi connectivity index (χ3n) is 3.55. The molecule has 0 heterocycles. The Bertz CT molecular complexity index is 596. The lowest BCUT2D eigenvalue weighted by Gasteiger charge is -2.11. The topological polar surface area (TPSA) is 9.23 Å².